The van der Waals surface area contributed by atoms with Gasteiger partial charge >= 0.3 is 5.97 Å². The minimum absolute atomic E-state index is 0.421. The summed E-state index contributed by atoms with van der Waals surface area (Å²) in [5, 5.41) is 13.5. The van der Waals surface area contributed by atoms with Crippen LogP contribution in [0.25, 0.3) is 0 Å². The number of carbonyl (C=O) groups is 1. The molecule has 0 bridgehead atoms. The Bertz CT molecular complexity index is 501. The summed E-state index contributed by atoms with van der Waals surface area (Å²) in [5.74, 6) is -0.348. The van der Waals surface area contributed by atoms with Crippen molar-refractivity contribution < 1.29 is 9.90 Å². The maximum atomic E-state index is 11.2. The van der Waals surface area contributed by atoms with Crippen LogP contribution >= 0.6 is 10.9 Å². The lowest BCUT2D eigenvalue weighted by Gasteiger charge is -2.13. The van der Waals surface area contributed by atoms with Gasteiger partial charge in [0.15, 0.2) is 0 Å². The van der Waals surface area contributed by atoms with Gasteiger partial charge in [-0.2, -0.15) is 10.9 Å². The number of carboxylic acids is 1. The first-order valence-corrected chi connectivity index (χ1v) is 7.08. The average Bonchev–Trinajstić information content (AvgIpc) is 2.78. The molecule has 2 rings (SSSR count). The van der Waals surface area contributed by atoms with E-state index in [0.717, 1.165) is 4.90 Å². The van der Waals surface area contributed by atoms with Crippen molar-refractivity contribution in [2.24, 2.45) is 5.92 Å². The number of hydrogen-bond acceptors (Lipinski definition) is 1. The third kappa shape index (κ3) is 2.44. The average molecular weight is 248 g/mol. The van der Waals surface area contributed by atoms with Gasteiger partial charge in [0.1, 0.15) is 0 Å². The Morgan fingerprint density at radius 2 is 2.00 bits per heavy atom. The van der Waals surface area contributed by atoms with Crippen LogP contribution in [0.2, 0.25) is 0 Å². The van der Waals surface area contributed by atoms with E-state index in [0.29, 0.717) is 11.5 Å². The normalized spacial score (nSPS) is 20.6. The molecule has 0 radical (unpaired) electrons. The molecule has 17 heavy (non-hydrogen) atoms. The first kappa shape index (κ1) is 12.0. The maximum absolute atomic E-state index is 11.2. The molecular formula is C14H16O2S. The van der Waals surface area contributed by atoms with Gasteiger partial charge in [-0.15, -0.1) is 0 Å². The summed E-state index contributed by atoms with van der Waals surface area (Å²) in [6.07, 6.45) is 2.12. The first-order chi connectivity index (χ1) is 8.09. The van der Waals surface area contributed by atoms with Crippen LogP contribution in [0.5, 0.6) is 0 Å². The zero-order chi connectivity index (χ0) is 12.4. The Labute approximate surface area is 104 Å². The van der Waals surface area contributed by atoms with Crippen molar-refractivity contribution in [3.05, 3.63) is 52.3 Å². The quantitative estimate of drug-likeness (QED) is 0.798. The molecule has 0 saturated carbocycles. The van der Waals surface area contributed by atoms with E-state index < -0.39 is 16.9 Å². The van der Waals surface area contributed by atoms with E-state index in [4.69, 9.17) is 5.11 Å². The standard InChI is InChI=1S/C14H16O2S/c1-10(2)11-7-8-17(9-11)13-6-4-3-5-12(13)14(15)16/h3-10,17H,1-2H3,(H,15,16). The predicted octanol–water partition coefficient (Wildman–Crippen LogP) is 3.81. The molecule has 1 aliphatic heterocycles. The highest BCUT2D eigenvalue weighted by atomic mass is 32.2. The van der Waals surface area contributed by atoms with E-state index >= 15 is 0 Å². The summed E-state index contributed by atoms with van der Waals surface area (Å²) in [7, 11) is -0.589. The topological polar surface area (TPSA) is 37.3 Å². The fraction of sp³-hybridized carbons (Fsp3) is 0.214. The number of rotatable bonds is 3. The molecule has 1 aromatic rings. The summed E-state index contributed by atoms with van der Waals surface area (Å²) in [6, 6.07) is 7.27. The highest BCUT2D eigenvalue weighted by Crippen LogP contribution is 2.46. The summed E-state index contributed by atoms with van der Waals surface area (Å²) in [4.78, 5) is 12.1. The zero-order valence-electron chi connectivity index (χ0n) is 9.92. The van der Waals surface area contributed by atoms with Crippen molar-refractivity contribution in [3.8, 4) is 0 Å². The minimum atomic E-state index is -0.845. The molecule has 0 aliphatic carbocycles. The molecule has 1 N–H and O–H groups in total. The Morgan fingerprint density at radius 1 is 1.29 bits per heavy atom. The minimum Gasteiger partial charge on any atom is -0.478 e. The van der Waals surface area contributed by atoms with E-state index in [1.807, 2.05) is 12.1 Å². The second-order valence-electron chi connectivity index (χ2n) is 4.33. The number of allylic oxidation sites excluding steroid dienone is 2. The van der Waals surface area contributed by atoms with Gasteiger partial charge in [-0.25, -0.2) is 4.79 Å². The van der Waals surface area contributed by atoms with Crippen LogP contribution in [0.3, 0.4) is 0 Å². The molecule has 1 heterocycles. The number of thiol groups is 1. The largest absolute Gasteiger partial charge is 0.478 e. The van der Waals surface area contributed by atoms with Gasteiger partial charge in [0.2, 0.25) is 0 Å². The van der Waals surface area contributed by atoms with Gasteiger partial charge in [0.05, 0.1) is 5.56 Å². The van der Waals surface area contributed by atoms with Crippen LogP contribution < -0.4 is 0 Å². The smallest absolute Gasteiger partial charge is 0.336 e. The molecule has 0 saturated heterocycles. The van der Waals surface area contributed by atoms with E-state index in [1.165, 1.54) is 5.57 Å². The summed E-state index contributed by atoms with van der Waals surface area (Å²) in [6.45, 7) is 4.30. The van der Waals surface area contributed by atoms with E-state index in [-0.39, 0.29) is 0 Å². The van der Waals surface area contributed by atoms with Crippen molar-refractivity contribution in [2.45, 2.75) is 18.7 Å². The lowest BCUT2D eigenvalue weighted by molar-refractivity contribution is 0.0693. The summed E-state index contributed by atoms with van der Waals surface area (Å²) >= 11 is 0. The lowest BCUT2D eigenvalue weighted by atomic mass is 10.1. The van der Waals surface area contributed by atoms with Crippen molar-refractivity contribution in [1.82, 2.24) is 0 Å². The Hall–Kier alpha value is -1.48. The summed E-state index contributed by atoms with van der Waals surface area (Å²) < 4.78 is 0. The molecule has 90 valence electrons. The van der Waals surface area contributed by atoms with E-state index in [1.54, 1.807) is 12.1 Å². The summed E-state index contributed by atoms with van der Waals surface area (Å²) in [5.41, 5.74) is 1.72. The Morgan fingerprint density at radius 3 is 2.59 bits per heavy atom. The molecule has 1 unspecified atom stereocenters. The van der Waals surface area contributed by atoms with Crippen molar-refractivity contribution in [1.29, 1.82) is 0 Å². The molecule has 0 aromatic heterocycles. The second-order valence-corrected chi connectivity index (χ2v) is 6.18. The first-order valence-electron chi connectivity index (χ1n) is 5.60. The molecule has 2 nitrogen and oxygen atoms in total. The van der Waals surface area contributed by atoms with Gasteiger partial charge < -0.3 is 5.11 Å². The second kappa shape index (κ2) is 4.80. The van der Waals surface area contributed by atoms with Gasteiger partial charge in [-0.3, -0.25) is 0 Å². The predicted molar refractivity (Wildman–Crippen MR) is 72.7 cm³/mol. The number of aromatic carboxylic acids is 1. The Balaban J connectivity index is 2.37. The van der Waals surface area contributed by atoms with Gasteiger partial charge in [-0.1, -0.05) is 32.1 Å². The van der Waals surface area contributed by atoms with E-state index in [9.17, 15) is 4.79 Å². The molecular weight excluding hydrogens is 232 g/mol. The van der Waals surface area contributed by atoms with Gasteiger partial charge in [-0.05, 0) is 34.4 Å². The van der Waals surface area contributed by atoms with Gasteiger partial charge in [0, 0.05) is 4.90 Å². The van der Waals surface area contributed by atoms with Crippen LogP contribution in [0.15, 0.2) is 51.6 Å². The molecule has 1 atom stereocenters. The molecule has 0 amide bonds. The molecule has 0 fully saturated rings. The van der Waals surface area contributed by atoms with Crippen molar-refractivity contribution >= 4 is 16.9 Å². The molecule has 1 aromatic carbocycles. The Kier molecular flexibility index (Phi) is 3.38. The van der Waals surface area contributed by atoms with Crippen molar-refractivity contribution in [3.63, 3.8) is 0 Å². The zero-order valence-corrected chi connectivity index (χ0v) is 10.8. The highest BCUT2D eigenvalue weighted by Gasteiger charge is 2.16. The monoisotopic (exact) mass is 248 g/mol. The molecule has 1 aliphatic rings. The third-order valence-corrected chi connectivity index (χ3v) is 4.79. The fourth-order valence-corrected chi connectivity index (χ4v) is 3.91. The van der Waals surface area contributed by atoms with E-state index in [2.05, 4.69) is 30.7 Å². The third-order valence-electron chi connectivity index (χ3n) is 2.80. The number of hydrogen-bond donors (Lipinski definition) is 2. The SMILES string of the molecule is CC(C)C1=C[SH](c2ccccc2C(=O)O)C=C1. The van der Waals surface area contributed by atoms with Gasteiger partial charge in [0.25, 0.3) is 0 Å². The van der Waals surface area contributed by atoms with Crippen LogP contribution in [-0.2, 0) is 0 Å². The maximum Gasteiger partial charge on any atom is 0.336 e. The lowest BCUT2D eigenvalue weighted by Crippen LogP contribution is -1.99. The van der Waals surface area contributed by atoms with Crippen LogP contribution in [0.4, 0.5) is 0 Å². The van der Waals surface area contributed by atoms with Crippen LogP contribution in [0, 0.1) is 5.92 Å². The number of carboxylic acid groups (broad SMARTS) is 1. The highest BCUT2D eigenvalue weighted by molar-refractivity contribution is 8.22. The van der Waals surface area contributed by atoms with Crippen LogP contribution in [-0.4, -0.2) is 11.1 Å². The molecule has 3 heteroatoms. The van der Waals surface area contributed by atoms with Crippen LogP contribution in [0.1, 0.15) is 24.2 Å². The molecule has 0 spiro atoms. The fourth-order valence-electron chi connectivity index (χ4n) is 1.78. The van der Waals surface area contributed by atoms with Crippen molar-refractivity contribution in [2.75, 3.05) is 0 Å². The number of benzene rings is 1.